The highest BCUT2D eigenvalue weighted by Gasteiger charge is 2.00. The molecular formula is C17H18O3. The van der Waals surface area contributed by atoms with Gasteiger partial charge in [-0.15, -0.1) is 0 Å². The lowest BCUT2D eigenvalue weighted by Gasteiger charge is -1.97. The topological polar surface area (TPSA) is 57.5 Å². The summed E-state index contributed by atoms with van der Waals surface area (Å²) < 4.78 is 0. The molecule has 0 saturated heterocycles. The molecule has 0 aliphatic rings. The van der Waals surface area contributed by atoms with Gasteiger partial charge in [0.05, 0.1) is 0 Å². The van der Waals surface area contributed by atoms with Gasteiger partial charge >= 0.3 is 0 Å². The maximum absolute atomic E-state index is 11.8. The Bertz CT molecular complexity index is 559. The van der Waals surface area contributed by atoms with E-state index >= 15 is 0 Å². The van der Waals surface area contributed by atoms with Gasteiger partial charge in [-0.2, -0.15) is 0 Å². The number of ketones is 1. The van der Waals surface area contributed by atoms with Gasteiger partial charge in [0.25, 0.3) is 0 Å². The molecule has 0 aliphatic heterocycles. The summed E-state index contributed by atoms with van der Waals surface area (Å²) in [5.74, 6) is 0.0958. The van der Waals surface area contributed by atoms with Crippen LogP contribution in [0.4, 0.5) is 0 Å². The number of aliphatic hydroxyl groups is 1. The van der Waals surface area contributed by atoms with Crippen molar-refractivity contribution in [3.8, 4) is 5.75 Å². The highest BCUT2D eigenvalue weighted by atomic mass is 16.3. The lowest BCUT2D eigenvalue weighted by Crippen LogP contribution is -1.92. The number of allylic oxidation sites excluding steroid dienone is 1. The number of rotatable bonds is 3. The molecule has 20 heavy (non-hydrogen) atoms. The zero-order valence-corrected chi connectivity index (χ0v) is 11.4. The Balaban J connectivity index is 0.000000612. The van der Waals surface area contributed by atoms with Gasteiger partial charge in [0.1, 0.15) is 5.75 Å². The van der Waals surface area contributed by atoms with Crippen LogP contribution in [0, 0.1) is 0 Å². The molecule has 0 aromatic heterocycles. The number of aliphatic hydroxyl groups excluding tert-OH is 1. The molecule has 0 unspecified atom stereocenters. The van der Waals surface area contributed by atoms with Gasteiger partial charge in [0, 0.05) is 17.7 Å². The van der Waals surface area contributed by atoms with E-state index in [2.05, 4.69) is 0 Å². The molecule has 2 aromatic rings. The van der Waals surface area contributed by atoms with Gasteiger partial charge in [-0.3, -0.25) is 4.79 Å². The molecule has 3 heteroatoms. The smallest absolute Gasteiger partial charge is 0.185 e. The van der Waals surface area contributed by atoms with Crippen LogP contribution in [-0.4, -0.2) is 22.6 Å². The van der Waals surface area contributed by atoms with Crippen LogP contribution in [0.3, 0.4) is 0 Å². The second-order valence-corrected chi connectivity index (χ2v) is 3.94. The fourth-order valence-electron chi connectivity index (χ4n) is 1.49. The van der Waals surface area contributed by atoms with Crippen LogP contribution in [-0.2, 0) is 0 Å². The highest BCUT2D eigenvalue weighted by Crippen LogP contribution is 2.17. The first-order valence-electron chi connectivity index (χ1n) is 6.35. The quantitative estimate of drug-likeness (QED) is 0.664. The van der Waals surface area contributed by atoms with Crippen LogP contribution in [0.25, 0.3) is 6.08 Å². The average molecular weight is 270 g/mol. The number of phenolic OH excluding ortho intramolecular Hbond substituents is 1. The van der Waals surface area contributed by atoms with Crippen molar-refractivity contribution >= 4 is 11.9 Å². The summed E-state index contributed by atoms with van der Waals surface area (Å²) in [6.45, 7) is 1.93. The third-order valence-electron chi connectivity index (χ3n) is 2.41. The van der Waals surface area contributed by atoms with E-state index in [0.717, 1.165) is 0 Å². The van der Waals surface area contributed by atoms with Crippen molar-refractivity contribution in [3.05, 3.63) is 71.8 Å². The van der Waals surface area contributed by atoms with E-state index < -0.39 is 0 Å². The lowest BCUT2D eigenvalue weighted by molar-refractivity contribution is 0.104. The van der Waals surface area contributed by atoms with Gasteiger partial charge < -0.3 is 10.2 Å². The van der Waals surface area contributed by atoms with E-state index in [0.29, 0.717) is 11.1 Å². The normalized spacial score (nSPS) is 9.90. The van der Waals surface area contributed by atoms with Crippen LogP contribution in [0.15, 0.2) is 60.7 Å². The molecule has 0 bridgehead atoms. The second-order valence-electron chi connectivity index (χ2n) is 3.94. The average Bonchev–Trinajstić information content (AvgIpc) is 2.48. The molecule has 104 valence electrons. The number of carbonyl (C=O) groups excluding carboxylic acids is 1. The Morgan fingerprint density at radius 3 is 2.20 bits per heavy atom. The molecule has 0 aliphatic carbocycles. The number of phenols is 1. The van der Waals surface area contributed by atoms with Crippen molar-refractivity contribution in [2.75, 3.05) is 6.61 Å². The Morgan fingerprint density at radius 1 is 1.05 bits per heavy atom. The molecule has 0 fully saturated rings. The van der Waals surface area contributed by atoms with Gasteiger partial charge in [0.15, 0.2) is 5.78 Å². The summed E-state index contributed by atoms with van der Waals surface area (Å²) in [6.07, 6.45) is 3.08. The van der Waals surface area contributed by atoms with E-state index in [1.165, 1.54) is 6.08 Å². The van der Waals surface area contributed by atoms with Gasteiger partial charge in [-0.05, 0) is 25.1 Å². The Morgan fingerprint density at radius 2 is 1.60 bits per heavy atom. The minimum atomic E-state index is -0.0751. The molecule has 0 saturated carbocycles. The molecule has 2 N–H and O–H groups in total. The van der Waals surface area contributed by atoms with Crippen LogP contribution in [0.1, 0.15) is 22.8 Å². The van der Waals surface area contributed by atoms with Crippen LogP contribution < -0.4 is 0 Å². The SMILES string of the molecule is CCO.O=C(/C=C/c1ccccc1O)c1ccccc1. The lowest BCUT2D eigenvalue weighted by atomic mass is 10.1. The molecule has 2 aromatic carbocycles. The molecule has 3 nitrogen and oxygen atoms in total. The van der Waals surface area contributed by atoms with Crippen LogP contribution in [0.5, 0.6) is 5.75 Å². The van der Waals surface area contributed by atoms with Crippen molar-refractivity contribution in [2.45, 2.75) is 6.92 Å². The largest absolute Gasteiger partial charge is 0.507 e. The summed E-state index contributed by atoms with van der Waals surface area (Å²) in [6, 6.07) is 15.9. The molecule has 0 spiro atoms. The molecule has 0 atom stereocenters. The molecule has 0 radical (unpaired) electrons. The van der Waals surface area contributed by atoms with Gasteiger partial charge in [0.2, 0.25) is 0 Å². The van der Waals surface area contributed by atoms with E-state index in [1.54, 1.807) is 43.3 Å². The first-order valence-corrected chi connectivity index (χ1v) is 6.35. The van der Waals surface area contributed by atoms with E-state index in [9.17, 15) is 9.90 Å². The van der Waals surface area contributed by atoms with Crippen molar-refractivity contribution in [1.29, 1.82) is 0 Å². The fourth-order valence-corrected chi connectivity index (χ4v) is 1.49. The highest BCUT2D eigenvalue weighted by molar-refractivity contribution is 6.06. The number of para-hydroxylation sites is 1. The van der Waals surface area contributed by atoms with E-state index in [-0.39, 0.29) is 18.1 Å². The van der Waals surface area contributed by atoms with Crippen LogP contribution >= 0.6 is 0 Å². The second kappa shape index (κ2) is 8.67. The number of benzene rings is 2. The zero-order valence-electron chi connectivity index (χ0n) is 11.4. The van der Waals surface area contributed by atoms with E-state index in [4.69, 9.17) is 5.11 Å². The third-order valence-corrected chi connectivity index (χ3v) is 2.41. The number of carbonyl (C=O) groups is 1. The van der Waals surface area contributed by atoms with E-state index in [1.807, 2.05) is 24.3 Å². The standard InChI is InChI=1S/C15H12O2.C2H6O/c16-14-9-5-4-8-13(14)10-11-15(17)12-6-2-1-3-7-12;1-2-3/h1-11,16H;3H,2H2,1H3/b11-10+;. The molecule has 2 rings (SSSR count). The number of hydrogen-bond donors (Lipinski definition) is 2. The minimum Gasteiger partial charge on any atom is -0.507 e. The van der Waals surface area contributed by atoms with Crippen molar-refractivity contribution in [3.63, 3.8) is 0 Å². The summed E-state index contributed by atoms with van der Waals surface area (Å²) in [5, 5.41) is 17.1. The molecule has 0 heterocycles. The minimum absolute atomic E-state index is 0.0751. The Kier molecular flexibility index (Phi) is 6.79. The third kappa shape index (κ3) is 5.08. The first kappa shape index (κ1) is 15.7. The van der Waals surface area contributed by atoms with Crippen molar-refractivity contribution in [2.24, 2.45) is 0 Å². The Hall–Kier alpha value is -2.39. The fraction of sp³-hybridized carbons (Fsp3) is 0.118. The Labute approximate surface area is 118 Å². The predicted octanol–water partition coefficient (Wildman–Crippen LogP) is 3.29. The maximum Gasteiger partial charge on any atom is 0.185 e. The molecule has 0 amide bonds. The summed E-state index contributed by atoms with van der Waals surface area (Å²) in [7, 11) is 0. The van der Waals surface area contributed by atoms with Crippen molar-refractivity contribution in [1.82, 2.24) is 0 Å². The van der Waals surface area contributed by atoms with Gasteiger partial charge in [-0.1, -0.05) is 48.5 Å². The first-order chi connectivity index (χ1) is 9.69. The summed E-state index contributed by atoms with van der Waals surface area (Å²) in [4.78, 5) is 11.8. The van der Waals surface area contributed by atoms with Crippen LogP contribution in [0.2, 0.25) is 0 Å². The number of aromatic hydroxyl groups is 1. The van der Waals surface area contributed by atoms with Crippen molar-refractivity contribution < 1.29 is 15.0 Å². The molecular weight excluding hydrogens is 252 g/mol. The number of hydrogen-bond acceptors (Lipinski definition) is 3. The zero-order chi connectivity index (χ0) is 14.8. The monoisotopic (exact) mass is 270 g/mol. The van der Waals surface area contributed by atoms with Gasteiger partial charge in [-0.25, -0.2) is 0 Å². The predicted molar refractivity (Wildman–Crippen MR) is 80.7 cm³/mol. The summed E-state index contributed by atoms with van der Waals surface area (Å²) in [5.41, 5.74) is 1.27. The summed E-state index contributed by atoms with van der Waals surface area (Å²) >= 11 is 0. The maximum atomic E-state index is 11.8.